The van der Waals surface area contributed by atoms with Crippen LogP contribution in [0.5, 0.6) is 0 Å². The van der Waals surface area contributed by atoms with E-state index in [0.717, 1.165) is 27.5 Å². The quantitative estimate of drug-likeness (QED) is 0.774. The highest BCUT2D eigenvalue weighted by Gasteiger charge is 2.07. The maximum Gasteiger partial charge on any atom is 0.221 e. The Morgan fingerprint density at radius 2 is 1.89 bits per heavy atom. The molecule has 0 fully saturated rings. The van der Waals surface area contributed by atoms with Crippen LogP contribution in [0.4, 0.5) is 0 Å². The molecule has 0 aliphatic carbocycles. The van der Waals surface area contributed by atoms with Gasteiger partial charge in [0.2, 0.25) is 5.91 Å². The van der Waals surface area contributed by atoms with Crippen molar-refractivity contribution < 1.29 is 9.21 Å². The summed E-state index contributed by atoms with van der Waals surface area (Å²) in [6.45, 7) is 0. The number of para-hydroxylation sites is 2. The van der Waals surface area contributed by atoms with E-state index in [-0.39, 0.29) is 12.3 Å². The van der Waals surface area contributed by atoms with Gasteiger partial charge in [0.05, 0.1) is 0 Å². The Morgan fingerprint density at radius 1 is 1.11 bits per heavy atom. The molecule has 0 bridgehead atoms. The number of furan rings is 1. The fourth-order valence-corrected chi connectivity index (χ4v) is 2.20. The molecule has 0 spiro atoms. The summed E-state index contributed by atoms with van der Waals surface area (Å²) in [5.41, 5.74) is 7.78. The molecule has 19 heavy (non-hydrogen) atoms. The zero-order valence-corrected chi connectivity index (χ0v) is 10.3. The highest BCUT2D eigenvalue weighted by molar-refractivity contribution is 6.07. The molecule has 3 nitrogen and oxygen atoms in total. The number of hydrogen-bond donors (Lipinski definition) is 1. The number of rotatable bonds is 3. The van der Waals surface area contributed by atoms with E-state index in [0.29, 0.717) is 0 Å². The minimum absolute atomic E-state index is 0.233. The zero-order chi connectivity index (χ0) is 13.2. The average molecular weight is 251 g/mol. The third-order valence-electron chi connectivity index (χ3n) is 3.05. The molecule has 0 saturated carbocycles. The number of nitrogens with two attached hydrogens (primary N) is 1. The van der Waals surface area contributed by atoms with Gasteiger partial charge in [-0.25, -0.2) is 0 Å². The van der Waals surface area contributed by atoms with Crippen LogP contribution in [0.2, 0.25) is 0 Å². The summed E-state index contributed by atoms with van der Waals surface area (Å²) in [7, 11) is 0. The van der Waals surface area contributed by atoms with Gasteiger partial charge in [0.25, 0.3) is 0 Å². The highest BCUT2D eigenvalue weighted by atomic mass is 16.3. The van der Waals surface area contributed by atoms with Gasteiger partial charge in [-0.15, -0.1) is 0 Å². The smallest absolute Gasteiger partial charge is 0.221 e. The van der Waals surface area contributed by atoms with Gasteiger partial charge in [0.1, 0.15) is 11.2 Å². The van der Waals surface area contributed by atoms with Crippen molar-refractivity contribution in [2.45, 2.75) is 6.42 Å². The van der Waals surface area contributed by atoms with Crippen LogP contribution in [-0.2, 0) is 4.79 Å². The topological polar surface area (TPSA) is 56.2 Å². The number of hydrogen-bond acceptors (Lipinski definition) is 2. The zero-order valence-electron chi connectivity index (χ0n) is 10.3. The van der Waals surface area contributed by atoms with Crippen molar-refractivity contribution in [2.75, 3.05) is 0 Å². The van der Waals surface area contributed by atoms with Crippen molar-refractivity contribution in [3.63, 3.8) is 0 Å². The SMILES string of the molecule is NC(=O)CC=Cc1cccc2c1oc1ccccc12. The molecule has 2 aromatic carbocycles. The highest BCUT2D eigenvalue weighted by Crippen LogP contribution is 2.31. The summed E-state index contributed by atoms with van der Waals surface area (Å²) in [4.78, 5) is 10.7. The van der Waals surface area contributed by atoms with E-state index < -0.39 is 0 Å². The summed E-state index contributed by atoms with van der Waals surface area (Å²) in [6, 6.07) is 13.9. The van der Waals surface area contributed by atoms with Crippen LogP contribution in [0.15, 0.2) is 53.0 Å². The van der Waals surface area contributed by atoms with Crippen LogP contribution >= 0.6 is 0 Å². The Morgan fingerprint density at radius 3 is 2.74 bits per heavy atom. The minimum Gasteiger partial charge on any atom is -0.455 e. The largest absolute Gasteiger partial charge is 0.455 e. The van der Waals surface area contributed by atoms with Crippen LogP contribution in [0, 0.1) is 0 Å². The number of primary amides is 1. The van der Waals surface area contributed by atoms with Crippen molar-refractivity contribution in [1.29, 1.82) is 0 Å². The average Bonchev–Trinajstić information content (AvgIpc) is 2.78. The normalized spacial score (nSPS) is 11.6. The molecular weight excluding hydrogens is 238 g/mol. The Hall–Kier alpha value is -2.55. The van der Waals surface area contributed by atoms with Crippen molar-refractivity contribution in [1.82, 2.24) is 0 Å². The predicted octanol–water partition coefficient (Wildman–Crippen LogP) is 3.47. The lowest BCUT2D eigenvalue weighted by Gasteiger charge is -1.95. The number of carbonyl (C=O) groups excluding carboxylic acids is 1. The summed E-state index contributed by atoms with van der Waals surface area (Å²) in [5, 5.41) is 2.18. The van der Waals surface area contributed by atoms with Crippen molar-refractivity contribution >= 4 is 33.9 Å². The lowest BCUT2D eigenvalue weighted by Crippen LogP contribution is -2.07. The Kier molecular flexibility index (Phi) is 2.80. The lowest BCUT2D eigenvalue weighted by atomic mass is 10.1. The third kappa shape index (κ3) is 2.10. The van der Waals surface area contributed by atoms with Crippen molar-refractivity contribution in [3.05, 3.63) is 54.1 Å². The molecule has 3 heteroatoms. The third-order valence-corrected chi connectivity index (χ3v) is 3.05. The summed E-state index contributed by atoms with van der Waals surface area (Å²) in [5.74, 6) is -0.340. The first-order valence-corrected chi connectivity index (χ1v) is 6.11. The molecule has 0 aliphatic heterocycles. The van der Waals surface area contributed by atoms with Crippen molar-refractivity contribution in [2.24, 2.45) is 5.73 Å². The van der Waals surface area contributed by atoms with Gasteiger partial charge >= 0.3 is 0 Å². The van der Waals surface area contributed by atoms with E-state index in [1.807, 2.05) is 48.5 Å². The molecule has 2 N–H and O–H groups in total. The first-order chi connectivity index (χ1) is 9.25. The molecule has 0 aliphatic rings. The second-order valence-corrected chi connectivity index (χ2v) is 4.39. The lowest BCUT2D eigenvalue weighted by molar-refractivity contribution is -0.117. The molecule has 0 unspecified atom stereocenters. The maximum absolute atomic E-state index is 10.7. The van der Waals surface area contributed by atoms with Gasteiger partial charge in [-0.2, -0.15) is 0 Å². The van der Waals surface area contributed by atoms with Gasteiger partial charge in [-0.05, 0) is 6.07 Å². The summed E-state index contributed by atoms with van der Waals surface area (Å²) < 4.78 is 5.87. The Balaban J connectivity index is 2.15. The molecule has 1 amide bonds. The number of benzene rings is 2. The van der Waals surface area contributed by atoms with Gasteiger partial charge < -0.3 is 10.2 Å². The monoisotopic (exact) mass is 251 g/mol. The van der Waals surface area contributed by atoms with E-state index in [2.05, 4.69) is 0 Å². The van der Waals surface area contributed by atoms with E-state index in [4.69, 9.17) is 10.2 Å². The molecule has 3 rings (SSSR count). The minimum atomic E-state index is -0.340. The fourth-order valence-electron chi connectivity index (χ4n) is 2.20. The van der Waals surface area contributed by atoms with Gasteiger partial charge in [-0.1, -0.05) is 48.6 Å². The standard InChI is InChI=1S/C16H13NO2/c17-15(18)10-4-6-11-5-3-8-13-12-7-1-2-9-14(12)19-16(11)13/h1-9H,10H2,(H2,17,18). The molecule has 3 aromatic rings. The molecule has 1 heterocycles. The van der Waals surface area contributed by atoms with Crippen LogP contribution in [0.25, 0.3) is 28.0 Å². The molecular formula is C16H13NO2. The van der Waals surface area contributed by atoms with E-state index in [1.165, 1.54) is 0 Å². The van der Waals surface area contributed by atoms with Crippen LogP contribution in [-0.4, -0.2) is 5.91 Å². The van der Waals surface area contributed by atoms with Crippen LogP contribution in [0.1, 0.15) is 12.0 Å². The molecule has 0 atom stereocenters. The van der Waals surface area contributed by atoms with Crippen molar-refractivity contribution in [3.8, 4) is 0 Å². The fraction of sp³-hybridized carbons (Fsp3) is 0.0625. The number of fused-ring (bicyclic) bond motifs is 3. The molecule has 94 valence electrons. The first kappa shape index (κ1) is 11.5. The van der Waals surface area contributed by atoms with Crippen LogP contribution in [0.3, 0.4) is 0 Å². The molecule has 0 radical (unpaired) electrons. The summed E-state index contributed by atoms with van der Waals surface area (Å²) >= 11 is 0. The van der Waals surface area contributed by atoms with Gasteiger partial charge in [0, 0.05) is 22.8 Å². The number of amides is 1. The first-order valence-electron chi connectivity index (χ1n) is 6.11. The second-order valence-electron chi connectivity index (χ2n) is 4.39. The van der Waals surface area contributed by atoms with E-state index in [1.54, 1.807) is 6.08 Å². The second kappa shape index (κ2) is 4.61. The predicted molar refractivity (Wildman–Crippen MR) is 76.6 cm³/mol. The number of carbonyl (C=O) groups is 1. The summed E-state index contributed by atoms with van der Waals surface area (Å²) in [6.07, 6.45) is 3.86. The molecule has 1 aromatic heterocycles. The Labute approximate surface area is 110 Å². The maximum atomic E-state index is 10.7. The van der Waals surface area contributed by atoms with Gasteiger partial charge in [-0.3, -0.25) is 4.79 Å². The molecule has 0 saturated heterocycles. The van der Waals surface area contributed by atoms with Crippen LogP contribution < -0.4 is 5.73 Å². The van der Waals surface area contributed by atoms with E-state index >= 15 is 0 Å². The van der Waals surface area contributed by atoms with E-state index in [9.17, 15) is 4.79 Å². The Bertz CT molecular complexity index is 784. The van der Waals surface area contributed by atoms with Gasteiger partial charge in [0.15, 0.2) is 0 Å².